The average molecular weight is 443 g/mol. The molecule has 3 N–H and O–H groups in total. The Morgan fingerprint density at radius 1 is 1.10 bits per heavy atom. The quantitative estimate of drug-likeness (QED) is 0.401. The van der Waals surface area contributed by atoms with Crippen LogP contribution in [0.1, 0.15) is 34.1 Å². The molecule has 3 amide bonds. The van der Waals surface area contributed by atoms with Gasteiger partial charge >= 0.3 is 12.1 Å². The highest BCUT2D eigenvalue weighted by Gasteiger charge is 2.29. The molecule has 0 aromatic heterocycles. The Morgan fingerprint density at radius 3 is 2.35 bits per heavy atom. The zero-order chi connectivity index (χ0) is 23.4. The maximum Gasteiger partial charge on any atom is 0.408 e. The van der Waals surface area contributed by atoms with Gasteiger partial charge in [-0.3, -0.25) is 9.59 Å². The van der Waals surface area contributed by atoms with Gasteiger partial charge in [0.1, 0.15) is 23.7 Å². The molecule has 1 aliphatic rings. The summed E-state index contributed by atoms with van der Waals surface area (Å²) >= 11 is 0. The number of ether oxygens (including phenoxy) is 4. The maximum absolute atomic E-state index is 12.7. The van der Waals surface area contributed by atoms with E-state index in [1.54, 1.807) is 32.9 Å². The molecule has 0 aromatic carbocycles. The van der Waals surface area contributed by atoms with E-state index in [2.05, 4.69) is 16.0 Å². The second-order valence-corrected chi connectivity index (χ2v) is 7.89. The van der Waals surface area contributed by atoms with E-state index >= 15 is 0 Å². The number of esters is 1. The number of hydrogen-bond donors (Lipinski definition) is 3. The van der Waals surface area contributed by atoms with Crippen molar-refractivity contribution in [3.05, 3.63) is 12.2 Å². The van der Waals surface area contributed by atoms with Crippen LogP contribution in [0, 0.1) is 0 Å². The van der Waals surface area contributed by atoms with E-state index in [0.717, 1.165) is 0 Å². The van der Waals surface area contributed by atoms with Gasteiger partial charge in [0, 0.05) is 13.0 Å². The summed E-state index contributed by atoms with van der Waals surface area (Å²) in [4.78, 5) is 49.2. The minimum atomic E-state index is -1.10. The average Bonchev–Trinajstić information content (AvgIpc) is 2.67. The van der Waals surface area contributed by atoms with Crippen molar-refractivity contribution in [2.75, 3.05) is 33.5 Å². The molecule has 0 saturated heterocycles. The van der Waals surface area contributed by atoms with Crippen LogP contribution < -0.4 is 16.0 Å². The second-order valence-electron chi connectivity index (χ2n) is 7.89. The minimum absolute atomic E-state index is 0.143. The number of rotatable bonds is 2. The zero-order valence-electron chi connectivity index (χ0n) is 18.7. The van der Waals surface area contributed by atoms with Gasteiger partial charge in [0.2, 0.25) is 11.8 Å². The van der Waals surface area contributed by atoms with E-state index in [1.807, 2.05) is 0 Å². The highest BCUT2D eigenvalue weighted by Crippen LogP contribution is 2.07. The van der Waals surface area contributed by atoms with Crippen LogP contribution in [-0.2, 0) is 33.3 Å². The molecular weight excluding hydrogens is 410 g/mol. The Morgan fingerprint density at radius 2 is 1.74 bits per heavy atom. The Kier molecular flexibility index (Phi) is 11.0. The lowest BCUT2D eigenvalue weighted by Crippen LogP contribution is -2.56. The molecule has 0 saturated carbocycles. The van der Waals surface area contributed by atoms with Crippen LogP contribution in [0.2, 0.25) is 0 Å². The molecule has 0 fully saturated rings. The standard InChI is InChI=1S/C20H33N3O8/c1-13-16(24)22-14(18(26)28-5)8-11-29-9-6-7-10-30-12-15(17(25)21-13)23-19(27)31-20(2,3)4/h6-7,13-15H,8-12H2,1-5H3,(H,21,25)(H,22,24)(H,23,27)/b7-6+/t13-,14-,15-/m0/s1. The summed E-state index contributed by atoms with van der Waals surface area (Å²) in [5, 5.41) is 7.49. The van der Waals surface area contributed by atoms with Gasteiger partial charge < -0.3 is 34.9 Å². The van der Waals surface area contributed by atoms with Crippen LogP contribution in [0.4, 0.5) is 4.79 Å². The summed E-state index contributed by atoms with van der Waals surface area (Å²) in [6, 6.07) is -3.01. The molecule has 31 heavy (non-hydrogen) atoms. The number of carbonyl (C=O) groups is 4. The van der Waals surface area contributed by atoms with Crippen LogP contribution in [0.25, 0.3) is 0 Å². The summed E-state index contributed by atoms with van der Waals surface area (Å²) < 4.78 is 20.7. The van der Waals surface area contributed by atoms with Crippen molar-refractivity contribution in [2.24, 2.45) is 0 Å². The van der Waals surface area contributed by atoms with E-state index < -0.39 is 47.6 Å². The van der Waals surface area contributed by atoms with Crippen molar-refractivity contribution >= 4 is 23.9 Å². The van der Waals surface area contributed by atoms with E-state index in [0.29, 0.717) is 0 Å². The largest absolute Gasteiger partial charge is 0.467 e. The molecule has 176 valence electrons. The number of nitrogens with one attached hydrogen (secondary N) is 3. The smallest absolute Gasteiger partial charge is 0.408 e. The highest BCUT2D eigenvalue weighted by molar-refractivity contribution is 5.92. The van der Waals surface area contributed by atoms with Gasteiger partial charge in [-0.1, -0.05) is 12.2 Å². The molecule has 1 heterocycles. The molecule has 0 aliphatic carbocycles. The summed E-state index contributed by atoms with van der Waals surface area (Å²) in [5.74, 6) is -1.85. The van der Waals surface area contributed by atoms with Crippen molar-refractivity contribution in [1.29, 1.82) is 0 Å². The summed E-state index contributed by atoms with van der Waals surface area (Å²) in [6.45, 7) is 7.07. The van der Waals surface area contributed by atoms with Gasteiger partial charge in [0.15, 0.2) is 0 Å². The molecule has 0 bridgehead atoms. The third-order valence-electron chi connectivity index (χ3n) is 3.99. The van der Waals surface area contributed by atoms with E-state index in [9.17, 15) is 19.2 Å². The van der Waals surface area contributed by atoms with Crippen molar-refractivity contribution in [3.63, 3.8) is 0 Å². The molecule has 0 unspecified atom stereocenters. The fourth-order valence-electron chi connectivity index (χ4n) is 2.44. The summed E-state index contributed by atoms with van der Waals surface area (Å²) in [5.41, 5.74) is -0.751. The number of hydrogen-bond acceptors (Lipinski definition) is 8. The molecule has 0 aromatic rings. The molecule has 1 aliphatic heterocycles. The normalized spacial score (nSPS) is 25.5. The summed E-state index contributed by atoms with van der Waals surface area (Å²) in [7, 11) is 1.22. The lowest BCUT2D eigenvalue weighted by atomic mass is 10.2. The van der Waals surface area contributed by atoms with Crippen LogP contribution in [0.15, 0.2) is 12.2 Å². The van der Waals surface area contributed by atoms with Crippen molar-refractivity contribution in [1.82, 2.24) is 16.0 Å². The molecule has 11 heteroatoms. The first kappa shape index (κ1) is 26.4. The third-order valence-corrected chi connectivity index (χ3v) is 3.99. The van der Waals surface area contributed by atoms with E-state index in [4.69, 9.17) is 18.9 Å². The topological polar surface area (TPSA) is 141 Å². The first-order valence-corrected chi connectivity index (χ1v) is 10.0. The van der Waals surface area contributed by atoms with Crippen molar-refractivity contribution in [3.8, 4) is 0 Å². The molecule has 0 spiro atoms. The molecule has 1 rings (SSSR count). The number of amides is 3. The maximum atomic E-state index is 12.7. The van der Waals surface area contributed by atoms with E-state index in [-0.39, 0.29) is 32.8 Å². The Labute approximate surface area is 182 Å². The van der Waals surface area contributed by atoms with Gasteiger partial charge in [0.25, 0.3) is 0 Å². The molecule has 11 nitrogen and oxygen atoms in total. The predicted octanol–water partition coefficient (Wildman–Crippen LogP) is 0.0353. The lowest BCUT2D eigenvalue weighted by molar-refractivity contribution is -0.145. The van der Waals surface area contributed by atoms with Gasteiger partial charge in [-0.2, -0.15) is 0 Å². The number of methoxy groups -OCH3 is 1. The monoisotopic (exact) mass is 443 g/mol. The number of carbonyl (C=O) groups excluding carboxylic acids is 4. The molecular formula is C20H33N3O8. The SMILES string of the molecule is COC(=O)[C@@H]1CCOC/C=C/COC[C@H](NC(=O)OC(C)(C)C)C(=O)N[C@@H](C)C(=O)N1. The second kappa shape index (κ2) is 12.9. The Hall–Kier alpha value is -2.66. The Balaban J connectivity index is 2.92. The van der Waals surface area contributed by atoms with Crippen LogP contribution in [-0.4, -0.2) is 81.1 Å². The fraction of sp³-hybridized carbons (Fsp3) is 0.700. The first-order chi connectivity index (χ1) is 14.5. The van der Waals surface area contributed by atoms with Gasteiger partial charge in [-0.05, 0) is 27.7 Å². The number of alkyl carbamates (subject to hydrolysis) is 1. The summed E-state index contributed by atoms with van der Waals surface area (Å²) in [6.07, 6.45) is 2.83. The lowest BCUT2D eigenvalue weighted by Gasteiger charge is -2.25. The van der Waals surface area contributed by atoms with Crippen molar-refractivity contribution in [2.45, 2.75) is 57.8 Å². The minimum Gasteiger partial charge on any atom is -0.467 e. The predicted molar refractivity (Wildman–Crippen MR) is 110 cm³/mol. The van der Waals surface area contributed by atoms with Crippen molar-refractivity contribution < 1.29 is 38.1 Å². The first-order valence-electron chi connectivity index (χ1n) is 10.0. The van der Waals surface area contributed by atoms with Gasteiger partial charge in [0.05, 0.1) is 26.9 Å². The molecule has 3 atom stereocenters. The highest BCUT2D eigenvalue weighted by atomic mass is 16.6. The van der Waals surface area contributed by atoms with Gasteiger partial charge in [-0.15, -0.1) is 0 Å². The molecule has 0 radical (unpaired) electrons. The van der Waals surface area contributed by atoms with E-state index in [1.165, 1.54) is 14.0 Å². The Bertz CT molecular complexity index is 659. The zero-order valence-corrected chi connectivity index (χ0v) is 18.7. The fourth-order valence-corrected chi connectivity index (χ4v) is 2.44. The van der Waals surface area contributed by atoms with Crippen LogP contribution in [0.5, 0.6) is 0 Å². The van der Waals surface area contributed by atoms with Gasteiger partial charge in [-0.25, -0.2) is 9.59 Å². The van der Waals surface area contributed by atoms with Crippen LogP contribution >= 0.6 is 0 Å². The third kappa shape index (κ3) is 10.8. The van der Waals surface area contributed by atoms with Crippen LogP contribution in [0.3, 0.4) is 0 Å².